The molecule has 0 aromatic carbocycles. The number of hydrogen-bond acceptors (Lipinski definition) is 8. The molecular weight excluding hydrogens is 617 g/mol. The number of hydrogen-bond donors (Lipinski definition) is 0. The first-order valence-corrected chi connectivity index (χ1v) is 20.4. The van der Waals surface area contributed by atoms with E-state index in [9.17, 15) is 19.0 Å². The number of unbranched alkanes of at least 4 members (excludes halogenated alkanes) is 18. The van der Waals surface area contributed by atoms with Gasteiger partial charge in [0.1, 0.15) is 19.8 Å². The number of carbonyl (C=O) groups is 2. The highest BCUT2D eigenvalue weighted by Crippen LogP contribution is 2.38. The molecule has 0 fully saturated rings. The van der Waals surface area contributed by atoms with Gasteiger partial charge < -0.3 is 27.9 Å². The Morgan fingerprint density at radius 1 is 0.638 bits per heavy atom. The fraction of sp³-hybridized carbons (Fsp3) is 0.892. The van der Waals surface area contributed by atoms with Crippen molar-refractivity contribution in [1.29, 1.82) is 0 Å². The number of phosphoric acid groups is 1. The van der Waals surface area contributed by atoms with Gasteiger partial charge in [0.15, 0.2) is 6.10 Å². The van der Waals surface area contributed by atoms with Crippen molar-refractivity contribution in [3.8, 4) is 0 Å². The topological polar surface area (TPSA) is 111 Å². The SMILES string of the molecule is CCCCCCCCC/C=C\CCCCCCCCCC(=O)OC(COC(=O)CCCCCCC)COP(=O)([O-])OCC[N+](C)(C)C. The van der Waals surface area contributed by atoms with E-state index in [0.29, 0.717) is 17.4 Å². The Labute approximate surface area is 288 Å². The van der Waals surface area contributed by atoms with E-state index >= 15 is 0 Å². The Kier molecular flexibility index (Phi) is 30.0. The molecule has 0 amide bonds. The first kappa shape index (κ1) is 45.8. The monoisotopic (exact) mass is 689 g/mol. The summed E-state index contributed by atoms with van der Waals surface area (Å²) in [6.07, 6.45) is 28.5. The Bertz CT molecular complexity index is 830. The number of likely N-dealkylation sites (N-methyl/N-ethyl adjacent to an activating group) is 1. The Hall–Kier alpha value is -1.25. The van der Waals surface area contributed by atoms with E-state index in [4.69, 9.17) is 18.5 Å². The summed E-state index contributed by atoms with van der Waals surface area (Å²) in [5, 5.41) is 0. The molecule has 0 aliphatic heterocycles. The highest BCUT2D eigenvalue weighted by atomic mass is 31.2. The number of nitrogens with zero attached hydrogens (tertiary/aromatic N) is 1. The fourth-order valence-electron chi connectivity index (χ4n) is 5.00. The van der Waals surface area contributed by atoms with Crippen LogP contribution in [-0.2, 0) is 32.7 Å². The molecule has 278 valence electrons. The van der Waals surface area contributed by atoms with Crippen LogP contribution in [0.25, 0.3) is 0 Å². The maximum absolute atomic E-state index is 12.5. The van der Waals surface area contributed by atoms with Gasteiger partial charge in [-0.05, 0) is 38.5 Å². The Morgan fingerprint density at radius 3 is 1.57 bits per heavy atom. The molecule has 0 bridgehead atoms. The summed E-state index contributed by atoms with van der Waals surface area (Å²) in [6, 6.07) is 0. The molecule has 0 heterocycles. The normalized spacial score (nSPS) is 13.9. The number of allylic oxidation sites excluding steroid dienone is 2. The minimum atomic E-state index is -4.60. The summed E-state index contributed by atoms with van der Waals surface area (Å²) >= 11 is 0. The molecule has 0 aliphatic carbocycles. The number of phosphoric ester groups is 1. The van der Waals surface area contributed by atoms with Crippen LogP contribution in [0.15, 0.2) is 12.2 Å². The summed E-state index contributed by atoms with van der Waals surface area (Å²) in [6.45, 7) is 4.11. The third-order valence-corrected chi connectivity index (χ3v) is 9.00. The number of esters is 2. The molecule has 0 aliphatic rings. The van der Waals surface area contributed by atoms with Crippen LogP contribution in [0.5, 0.6) is 0 Å². The second kappa shape index (κ2) is 30.8. The largest absolute Gasteiger partial charge is 0.756 e. The van der Waals surface area contributed by atoms with Crippen molar-refractivity contribution in [2.45, 2.75) is 168 Å². The summed E-state index contributed by atoms with van der Waals surface area (Å²) < 4.78 is 33.5. The van der Waals surface area contributed by atoms with Gasteiger partial charge in [-0.1, -0.05) is 122 Å². The zero-order chi connectivity index (χ0) is 35.1. The van der Waals surface area contributed by atoms with Gasteiger partial charge in [-0.2, -0.15) is 0 Å². The number of rotatable bonds is 34. The molecule has 0 aromatic heterocycles. The van der Waals surface area contributed by atoms with Crippen LogP contribution in [0, 0.1) is 0 Å². The van der Waals surface area contributed by atoms with Crippen LogP contribution in [0.1, 0.15) is 162 Å². The van der Waals surface area contributed by atoms with E-state index in [-0.39, 0.29) is 26.1 Å². The maximum Gasteiger partial charge on any atom is 0.306 e. The summed E-state index contributed by atoms with van der Waals surface area (Å²) in [5.41, 5.74) is 0. The van der Waals surface area contributed by atoms with Gasteiger partial charge in [0.05, 0.1) is 27.7 Å². The Balaban J connectivity index is 4.26. The van der Waals surface area contributed by atoms with E-state index in [1.165, 1.54) is 70.6 Å². The van der Waals surface area contributed by atoms with Crippen LogP contribution in [-0.4, -0.2) is 70.0 Å². The quantitative estimate of drug-likeness (QED) is 0.0216. The zero-order valence-corrected chi connectivity index (χ0v) is 31.9. The number of carbonyl (C=O) groups excluding carboxylic acids is 2. The maximum atomic E-state index is 12.5. The van der Waals surface area contributed by atoms with Gasteiger partial charge in [0, 0.05) is 12.8 Å². The average Bonchev–Trinajstić information content (AvgIpc) is 3.01. The predicted octanol–water partition coefficient (Wildman–Crippen LogP) is 9.22. The van der Waals surface area contributed by atoms with E-state index in [0.717, 1.165) is 57.8 Å². The lowest BCUT2D eigenvalue weighted by Gasteiger charge is -2.28. The second-order valence-corrected chi connectivity index (χ2v) is 15.4. The molecule has 47 heavy (non-hydrogen) atoms. The highest BCUT2D eigenvalue weighted by Gasteiger charge is 2.21. The van der Waals surface area contributed by atoms with Crippen molar-refractivity contribution in [3.63, 3.8) is 0 Å². The molecule has 0 radical (unpaired) electrons. The van der Waals surface area contributed by atoms with Crippen LogP contribution >= 0.6 is 7.82 Å². The van der Waals surface area contributed by atoms with E-state index in [1.54, 1.807) is 0 Å². The van der Waals surface area contributed by atoms with Crippen molar-refractivity contribution >= 4 is 19.8 Å². The standard InChI is InChI=1S/C37H72NO8P/c1-6-8-10-12-13-14-15-16-17-18-19-20-21-22-23-24-26-28-30-37(40)46-35(33-43-36(39)29-27-25-11-9-7-2)34-45-47(41,42)44-32-31-38(3,4)5/h17-18,35H,6-16,19-34H2,1-5H3/b18-17-. The predicted molar refractivity (Wildman–Crippen MR) is 190 cm³/mol. The van der Waals surface area contributed by atoms with Crippen LogP contribution in [0.2, 0.25) is 0 Å². The second-order valence-electron chi connectivity index (χ2n) is 13.9. The van der Waals surface area contributed by atoms with Gasteiger partial charge in [0.25, 0.3) is 7.82 Å². The Morgan fingerprint density at radius 2 is 1.09 bits per heavy atom. The average molecular weight is 690 g/mol. The van der Waals surface area contributed by atoms with Gasteiger partial charge in [-0.15, -0.1) is 0 Å². The van der Waals surface area contributed by atoms with Crippen molar-refractivity contribution in [2.75, 3.05) is 47.5 Å². The molecular formula is C37H72NO8P. The third kappa shape index (κ3) is 34.4. The molecule has 0 aromatic rings. The van der Waals surface area contributed by atoms with Crippen molar-refractivity contribution < 1.29 is 42.1 Å². The van der Waals surface area contributed by atoms with Gasteiger partial charge in [-0.3, -0.25) is 14.2 Å². The van der Waals surface area contributed by atoms with E-state index in [1.807, 2.05) is 21.1 Å². The fourth-order valence-corrected chi connectivity index (χ4v) is 5.73. The molecule has 2 unspecified atom stereocenters. The van der Waals surface area contributed by atoms with Crippen LogP contribution in [0.4, 0.5) is 0 Å². The molecule has 2 atom stereocenters. The minimum absolute atomic E-state index is 0.0296. The first-order chi connectivity index (χ1) is 22.5. The lowest BCUT2D eigenvalue weighted by atomic mass is 10.1. The highest BCUT2D eigenvalue weighted by molar-refractivity contribution is 7.45. The summed E-state index contributed by atoms with van der Waals surface area (Å²) in [5.74, 6) is -0.851. The van der Waals surface area contributed by atoms with Crippen LogP contribution < -0.4 is 4.89 Å². The first-order valence-electron chi connectivity index (χ1n) is 18.9. The zero-order valence-electron chi connectivity index (χ0n) is 31.0. The van der Waals surface area contributed by atoms with E-state index < -0.39 is 32.5 Å². The molecule has 0 saturated carbocycles. The lowest BCUT2D eigenvalue weighted by molar-refractivity contribution is -0.870. The molecule has 0 N–H and O–H groups in total. The number of ether oxygens (including phenoxy) is 2. The van der Waals surface area contributed by atoms with E-state index in [2.05, 4.69) is 26.0 Å². The minimum Gasteiger partial charge on any atom is -0.756 e. The third-order valence-electron chi connectivity index (χ3n) is 8.04. The molecule has 0 spiro atoms. The molecule has 9 nitrogen and oxygen atoms in total. The van der Waals surface area contributed by atoms with Gasteiger partial charge in [0.2, 0.25) is 0 Å². The molecule has 0 rings (SSSR count). The van der Waals surface area contributed by atoms with Crippen molar-refractivity contribution in [2.24, 2.45) is 0 Å². The molecule has 10 heteroatoms. The summed E-state index contributed by atoms with van der Waals surface area (Å²) in [4.78, 5) is 37.0. The summed E-state index contributed by atoms with van der Waals surface area (Å²) in [7, 11) is 1.16. The van der Waals surface area contributed by atoms with Gasteiger partial charge >= 0.3 is 11.9 Å². The van der Waals surface area contributed by atoms with Crippen molar-refractivity contribution in [1.82, 2.24) is 0 Å². The molecule has 0 saturated heterocycles. The smallest absolute Gasteiger partial charge is 0.306 e. The van der Waals surface area contributed by atoms with Crippen molar-refractivity contribution in [3.05, 3.63) is 12.2 Å². The van der Waals surface area contributed by atoms with Gasteiger partial charge in [-0.25, -0.2) is 0 Å². The lowest BCUT2D eigenvalue weighted by Crippen LogP contribution is -2.37. The number of quaternary nitrogens is 1. The van der Waals surface area contributed by atoms with Crippen LogP contribution in [0.3, 0.4) is 0 Å².